The van der Waals surface area contributed by atoms with Crippen LogP contribution in [-0.2, 0) is 9.09 Å². The maximum Gasteiger partial charge on any atom is 0.320 e. The maximum atomic E-state index is 13.8. The molecule has 33 heavy (non-hydrogen) atoms. The van der Waals surface area contributed by atoms with Crippen LogP contribution in [0.15, 0.2) is 72.9 Å². The minimum atomic E-state index is -3.39. The number of pyridine rings is 1. The number of urea groups is 1. The molecule has 1 aromatic heterocycles. The minimum absolute atomic E-state index is 0.373. The van der Waals surface area contributed by atoms with Gasteiger partial charge in [-0.1, -0.05) is 24.3 Å². The second-order valence-electron chi connectivity index (χ2n) is 8.23. The minimum Gasteiger partial charge on any atom is -0.485 e. The molecule has 2 heterocycles. The Bertz CT molecular complexity index is 1190. The van der Waals surface area contributed by atoms with Gasteiger partial charge < -0.3 is 19.7 Å². The summed E-state index contributed by atoms with van der Waals surface area (Å²) in [7, 11) is -1.99. The fourth-order valence-corrected chi connectivity index (χ4v) is 5.71. The Kier molecular flexibility index (Phi) is 6.26. The highest BCUT2D eigenvalue weighted by molar-refractivity contribution is 7.74. The maximum absolute atomic E-state index is 13.8. The number of fused-ring (bicyclic) bond motifs is 1. The summed E-state index contributed by atoms with van der Waals surface area (Å²) in [5.41, 5.74) is -0.467. The first-order valence-electron chi connectivity index (χ1n) is 10.5. The number of amides is 2. The van der Waals surface area contributed by atoms with E-state index in [9.17, 15) is 14.5 Å². The molecule has 172 valence electrons. The van der Waals surface area contributed by atoms with Crippen LogP contribution in [0.25, 0.3) is 0 Å². The van der Waals surface area contributed by atoms with Crippen LogP contribution in [0.1, 0.15) is 25.5 Å². The molecule has 3 N–H and O–H groups in total. The lowest BCUT2D eigenvalue weighted by atomic mass is 9.86. The van der Waals surface area contributed by atoms with Crippen molar-refractivity contribution in [2.75, 3.05) is 12.4 Å². The molecule has 3 aromatic rings. The lowest BCUT2D eigenvalue weighted by Gasteiger charge is -2.42. The molecule has 1 unspecified atom stereocenters. The Morgan fingerprint density at radius 3 is 2.48 bits per heavy atom. The van der Waals surface area contributed by atoms with Gasteiger partial charge in [0.05, 0.1) is 6.04 Å². The van der Waals surface area contributed by atoms with Gasteiger partial charge in [-0.3, -0.25) is 9.88 Å². The molecule has 0 aliphatic carbocycles. The normalized spacial score (nSPS) is 20.6. The van der Waals surface area contributed by atoms with E-state index in [4.69, 9.17) is 9.26 Å². The van der Waals surface area contributed by atoms with Crippen molar-refractivity contribution in [3.05, 3.63) is 78.5 Å². The molecule has 4 rings (SSSR count). The van der Waals surface area contributed by atoms with Gasteiger partial charge in [0.2, 0.25) is 0 Å². The molecule has 0 spiro atoms. The van der Waals surface area contributed by atoms with Crippen molar-refractivity contribution in [2.45, 2.75) is 31.6 Å². The summed E-state index contributed by atoms with van der Waals surface area (Å²) in [4.78, 5) is 16.8. The number of aliphatic hydroxyl groups is 1. The van der Waals surface area contributed by atoms with E-state index in [0.717, 1.165) is 0 Å². The number of nitrogens with zero attached hydrogens (tertiary/aromatic N) is 1. The van der Waals surface area contributed by atoms with Gasteiger partial charge in [-0.25, -0.2) is 9.78 Å². The number of ether oxygens (including phenoxy) is 1. The number of benzene rings is 2. The van der Waals surface area contributed by atoms with E-state index >= 15 is 0 Å². The highest BCUT2D eigenvalue weighted by atomic mass is 31.2. The first-order chi connectivity index (χ1) is 15.7. The van der Waals surface area contributed by atoms with Gasteiger partial charge in [0.15, 0.2) is 0 Å². The van der Waals surface area contributed by atoms with Crippen LogP contribution in [0.4, 0.5) is 10.6 Å². The van der Waals surface area contributed by atoms with Crippen molar-refractivity contribution in [1.82, 2.24) is 10.3 Å². The largest absolute Gasteiger partial charge is 0.485 e. The van der Waals surface area contributed by atoms with E-state index in [1.54, 1.807) is 80.7 Å². The predicted octanol–water partition coefficient (Wildman–Crippen LogP) is 3.35. The molecule has 0 saturated heterocycles. The predicted molar refractivity (Wildman–Crippen MR) is 127 cm³/mol. The second kappa shape index (κ2) is 8.98. The Labute approximate surface area is 192 Å². The first kappa shape index (κ1) is 23.0. The lowest BCUT2D eigenvalue weighted by Crippen LogP contribution is -2.54. The molecular formula is C24H26N3O5P. The molecule has 0 saturated carbocycles. The van der Waals surface area contributed by atoms with E-state index in [2.05, 4.69) is 15.6 Å². The quantitative estimate of drug-likeness (QED) is 0.497. The summed E-state index contributed by atoms with van der Waals surface area (Å²) in [6, 6.07) is 17.7. The van der Waals surface area contributed by atoms with Crippen molar-refractivity contribution >= 4 is 29.8 Å². The molecule has 9 heteroatoms. The van der Waals surface area contributed by atoms with E-state index in [-0.39, 0.29) is 0 Å². The van der Waals surface area contributed by atoms with Gasteiger partial charge in [0, 0.05) is 29.5 Å². The van der Waals surface area contributed by atoms with E-state index in [1.165, 1.54) is 7.11 Å². The highest BCUT2D eigenvalue weighted by Crippen LogP contribution is 2.46. The molecule has 0 radical (unpaired) electrons. The average molecular weight is 467 g/mol. The molecule has 2 amide bonds. The summed E-state index contributed by atoms with van der Waals surface area (Å²) in [6.45, 7) is 3.48. The molecular weight excluding hydrogens is 441 g/mol. The van der Waals surface area contributed by atoms with Crippen LogP contribution in [0.2, 0.25) is 0 Å². The number of hydrogen-bond donors (Lipinski definition) is 3. The number of carbonyl (C=O) groups is 1. The molecule has 2 aromatic carbocycles. The third kappa shape index (κ3) is 4.50. The van der Waals surface area contributed by atoms with E-state index in [1.807, 2.05) is 6.07 Å². The number of anilines is 1. The first-order valence-corrected chi connectivity index (χ1v) is 12.1. The molecule has 1 aliphatic heterocycles. The van der Waals surface area contributed by atoms with E-state index in [0.29, 0.717) is 27.7 Å². The number of aliphatic hydroxyl groups excluding tert-OH is 1. The summed E-state index contributed by atoms with van der Waals surface area (Å²) >= 11 is 0. The third-order valence-electron chi connectivity index (χ3n) is 5.62. The summed E-state index contributed by atoms with van der Waals surface area (Å²) in [5, 5.41) is 17.5. The van der Waals surface area contributed by atoms with Gasteiger partial charge in [-0.15, -0.1) is 0 Å². The summed E-state index contributed by atoms with van der Waals surface area (Å²) in [5.74, 6) is 0.852. The van der Waals surface area contributed by atoms with Crippen LogP contribution in [0, 0.1) is 0 Å². The van der Waals surface area contributed by atoms with Crippen molar-refractivity contribution in [3.8, 4) is 5.75 Å². The van der Waals surface area contributed by atoms with Gasteiger partial charge in [0.25, 0.3) is 7.37 Å². The monoisotopic (exact) mass is 467 g/mol. The van der Waals surface area contributed by atoms with Crippen molar-refractivity contribution in [1.29, 1.82) is 0 Å². The Balaban J connectivity index is 1.72. The van der Waals surface area contributed by atoms with Crippen LogP contribution in [0.5, 0.6) is 5.75 Å². The van der Waals surface area contributed by atoms with Crippen LogP contribution < -0.4 is 26.0 Å². The average Bonchev–Trinajstić information content (AvgIpc) is 2.82. The van der Waals surface area contributed by atoms with Crippen LogP contribution in [0.3, 0.4) is 0 Å². The smallest absolute Gasteiger partial charge is 0.320 e. The van der Waals surface area contributed by atoms with Gasteiger partial charge in [-0.05, 0) is 56.3 Å². The second-order valence-corrected chi connectivity index (χ2v) is 10.7. The number of rotatable bonds is 5. The molecule has 0 bridgehead atoms. The van der Waals surface area contributed by atoms with Gasteiger partial charge in [0.1, 0.15) is 23.3 Å². The van der Waals surface area contributed by atoms with Crippen LogP contribution in [-0.4, -0.2) is 34.9 Å². The molecule has 8 nitrogen and oxygen atoms in total. The van der Waals surface area contributed by atoms with Crippen molar-refractivity contribution in [3.63, 3.8) is 0 Å². The lowest BCUT2D eigenvalue weighted by molar-refractivity contribution is -0.0618. The molecule has 1 aliphatic rings. The number of aromatic nitrogens is 1. The summed E-state index contributed by atoms with van der Waals surface area (Å²) in [6.07, 6.45) is 0.489. The number of nitrogens with one attached hydrogen (secondary N) is 2. The zero-order valence-corrected chi connectivity index (χ0v) is 19.5. The Hall–Kier alpha value is -3.19. The molecule has 0 fully saturated rings. The Morgan fingerprint density at radius 2 is 1.82 bits per heavy atom. The van der Waals surface area contributed by atoms with Gasteiger partial charge in [-0.2, -0.15) is 0 Å². The summed E-state index contributed by atoms with van der Waals surface area (Å²) < 4.78 is 25.3. The SMILES string of the molecule is COP(=O)(c1ccccc1)c1ccc2c(c1)[C@@H](NC(=O)Nc1ccccn1)[C@H](O)C(C)(C)O2. The number of hydrogen-bond acceptors (Lipinski definition) is 6. The fraction of sp³-hybridized carbons (Fsp3) is 0.250. The fourth-order valence-electron chi connectivity index (χ4n) is 3.84. The zero-order valence-electron chi connectivity index (χ0n) is 18.6. The van der Waals surface area contributed by atoms with Gasteiger partial charge >= 0.3 is 6.03 Å². The third-order valence-corrected chi connectivity index (χ3v) is 8.07. The topological polar surface area (TPSA) is 110 Å². The standard InChI is InChI=1S/C24H26N3O5P/c1-24(2)22(28)21(27-23(29)26-20-11-7-8-14-25-20)18-15-17(12-13-19(18)32-24)33(30,31-3)16-9-5-4-6-10-16/h4-15,21-22,28H,1-3H3,(H2,25,26,27,29)/t21-,22+,33?/m1/s1. The van der Waals surface area contributed by atoms with Crippen molar-refractivity contribution < 1.29 is 23.7 Å². The number of carbonyl (C=O) groups excluding carboxylic acids is 1. The zero-order chi connectivity index (χ0) is 23.6. The highest BCUT2D eigenvalue weighted by Gasteiger charge is 2.44. The van der Waals surface area contributed by atoms with Crippen molar-refractivity contribution in [2.24, 2.45) is 0 Å². The molecule has 3 atom stereocenters. The van der Waals surface area contributed by atoms with Crippen LogP contribution >= 0.6 is 7.37 Å². The van der Waals surface area contributed by atoms with E-state index < -0.39 is 31.1 Å². The Morgan fingerprint density at radius 1 is 1.09 bits per heavy atom.